The average Bonchev–Trinajstić information content (AvgIpc) is 3.65. The minimum absolute atomic E-state index is 0.0446. The van der Waals surface area contributed by atoms with Crippen molar-refractivity contribution >= 4 is 44.6 Å². The number of fused-ring (bicyclic) bond motifs is 1. The van der Waals surface area contributed by atoms with Gasteiger partial charge < -0.3 is 25.6 Å². The Labute approximate surface area is 228 Å². The number of rotatable bonds is 8. The predicted octanol–water partition coefficient (Wildman–Crippen LogP) is 0.223. The summed E-state index contributed by atoms with van der Waals surface area (Å²) in [7, 11) is -3.70. The Kier molecular flexibility index (Phi) is 7.77. The Balaban J connectivity index is 1.26. The molecule has 40 heavy (non-hydrogen) atoms. The van der Waals surface area contributed by atoms with E-state index in [-0.39, 0.29) is 27.9 Å². The van der Waals surface area contributed by atoms with Crippen molar-refractivity contribution in [1.82, 2.24) is 29.6 Å². The van der Waals surface area contributed by atoms with Crippen LogP contribution < -0.4 is 20.7 Å². The monoisotopic (exact) mass is 572 g/mol. The van der Waals surface area contributed by atoms with E-state index < -0.39 is 46.5 Å². The van der Waals surface area contributed by atoms with Crippen LogP contribution in [0, 0.1) is 0 Å². The number of aliphatic hydroxyl groups is 2. The van der Waals surface area contributed by atoms with Crippen molar-refractivity contribution < 1.29 is 33.0 Å². The van der Waals surface area contributed by atoms with Gasteiger partial charge in [0.2, 0.25) is 10.0 Å². The molecule has 0 bridgehead atoms. The molecule has 6 N–H and O–H groups in total. The van der Waals surface area contributed by atoms with Crippen molar-refractivity contribution in [2.75, 3.05) is 17.2 Å². The molecule has 2 aliphatic rings. The van der Waals surface area contributed by atoms with Crippen molar-refractivity contribution in [3.63, 3.8) is 0 Å². The lowest BCUT2D eigenvalue weighted by Gasteiger charge is -2.16. The summed E-state index contributed by atoms with van der Waals surface area (Å²) in [5.41, 5.74) is 0.679. The van der Waals surface area contributed by atoms with Crippen LogP contribution in [0.3, 0.4) is 0 Å². The largest absolute Gasteiger partial charge is 0.387 e. The van der Waals surface area contributed by atoms with E-state index in [0.29, 0.717) is 25.1 Å². The standard InChI is InChI=1S/C24H28N8O7S/c1-2-25-22(35)19-17(33)18(34)23(39-19)32-12-28-16-20(26-11-27-21(16)32)30-24(36)29-13-7-9-15(10-8-13)40(37,38)31-14-5-3-4-6-14/h3-4,7-12,14,17-19,23,31,33-34H,2,5-6H2,1H3,(H,25,35)(H2,26,27,29,30,36)/t17-,18+,19-,23+/m0/s1. The number of nitrogens with zero attached hydrogens (tertiary/aromatic N) is 4. The maximum Gasteiger partial charge on any atom is 0.324 e. The molecule has 1 aromatic carbocycles. The van der Waals surface area contributed by atoms with Gasteiger partial charge >= 0.3 is 6.03 Å². The fraction of sp³-hybridized carbons (Fsp3) is 0.375. The Bertz CT molecular complexity index is 1530. The van der Waals surface area contributed by atoms with E-state index in [4.69, 9.17) is 4.74 Å². The van der Waals surface area contributed by atoms with Gasteiger partial charge in [0.15, 0.2) is 29.3 Å². The molecule has 1 aliphatic carbocycles. The molecule has 16 heteroatoms. The van der Waals surface area contributed by atoms with E-state index in [0.717, 1.165) is 0 Å². The number of hydrogen-bond donors (Lipinski definition) is 6. The summed E-state index contributed by atoms with van der Waals surface area (Å²) < 4.78 is 34.8. The number of ether oxygens (including phenoxy) is 1. The van der Waals surface area contributed by atoms with Gasteiger partial charge in [-0.2, -0.15) is 0 Å². The highest BCUT2D eigenvalue weighted by Gasteiger charge is 2.47. The molecule has 4 atom stereocenters. The predicted molar refractivity (Wildman–Crippen MR) is 141 cm³/mol. The van der Waals surface area contributed by atoms with Crippen molar-refractivity contribution in [2.24, 2.45) is 0 Å². The third-order valence-electron chi connectivity index (χ3n) is 6.46. The van der Waals surface area contributed by atoms with Gasteiger partial charge in [0.25, 0.3) is 5.91 Å². The SMILES string of the molecule is CCNC(=O)[C@H]1O[C@@H](n2cnc3c(NC(=O)Nc4ccc(S(=O)(=O)NC5CC=CC5)cc4)ncnc32)[C@H](O)[C@@H]1O. The summed E-state index contributed by atoms with van der Waals surface area (Å²) in [6.45, 7) is 2.04. The molecule has 3 aromatic rings. The van der Waals surface area contributed by atoms with Crippen molar-refractivity contribution in [1.29, 1.82) is 0 Å². The number of carbonyl (C=O) groups is 2. The van der Waals surface area contributed by atoms with Gasteiger partial charge in [0.1, 0.15) is 18.5 Å². The lowest BCUT2D eigenvalue weighted by Crippen LogP contribution is -2.42. The highest BCUT2D eigenvalue weighted by molar-refractivity contribution is 7.89. The Morgan fingerprint density at radius 2 is 1.77 bits per heavy atom. The van der Waals surface area contributed by atoms with Gasteiger partial charge in [-0.3, -0.25) is 14.7 Å². The third kappa shape index (κ3) is 5.52. The molecular weight excluding hydrogens is 544 g/mol. The van der Waals surface area contributed by atoms with Crippen LogP contribution in [0.4, 0.5) is 16.3 Å². The highest BCUT2D eigenvalue weighted by atomic mass is 32.2. The maximum atomic E-state index is 12.7. The van der Waals surface area contributed by atoms with Crippen LogP contribution in [0.15, 0.2) is 54.0 Å². The van der Waals surface area contributed by atoms with Gasteiger partial charge in [0, 0.05) is 18.3 Å². The number of urea groups is 1. The maximum absolute atomic E-state index is 12.7. The molecule has 0 unspecified atom stereocenters. The van der Waals surface area contributed by atoms with E-state index in [1.165, 1.54) is 41.5 Å². The average molecular weight is 573 g/mol. The summed E-state index contributed by atoms with van der Waals surface area (Å²) in [4.78, 5) is 37.4. The molecule has 5 rings (SSSR count). The van der Waals surface area contributed by atoms with E-state index in [2.05, 4.69) is 35.6 Å². The summed E-state index contributed by atoms with van der Waals surface area (Å²) in [6, 6.07) is 4.85. The number of anilines is 2. The summed E-state index contributed by atoms with van der Waals surface area (Å²) in [5, 5.41) is 28.6. The summed E-state index contributed by atoms with van der Waals surface area (Å²) in [6.07, 6.45) is 2.20. The summed E-state index contributed by atoms with van der Waals surface area (Å²) >= 11 is 0. The molecule has 212 valence electrons. The first kappa shape index (κ1) is 27.6. The van der Waals surface area contributed by atoms with Crippen LogP contribution in [-0.2, 0) is 19.6 Å². The fourth-order valence-corrected chi connectivity index (χ4v) is 5.76. The van der Waals surface area contributed by atoms with Gasteiger partial charge in [-0.25, -0.2) is 32.9 Å². The molecule has 3 amide bonds. The van der Waals surface area contributed by atoms with Crippen molar-refractivity contribution in [2.45, 2.75) is 55.2 Å². The Morgan fingerprint density at radius 1 is 1.05 bits per heavy atom. The number of aromatic nitrogens is 4. The van der Waals surface area contributed by atoms with Crippen LogP contribution in [0.25, 0.3) is 11.2 Å². The second-order valence-electron chi connectivity index (χ2n) is 9.23. The Hall–Kier alpha value is -3.96. The molecule has 15 nitrogen and oxygen atoms in total. The minimum Gasteiger partial charge on any atom is -0.387 e. The molecule has 3 heterocycles. The second kappa shape index (κ2) is 11.3. The lowest BCUT2D eigenvalue weighted by atomic mass is 10.1. The van der Waals surface area contributed by atoms with Crippen LogP contribution >= 0.6 is 0 Å². The molecule has 1 saturated heterocycles. The lowest BCUT2D eigenvalue weighted by molar-refractivity contribution is -0.137. The number of sulfonamides is 1. The van der Waals surface area contributed by atoms with E-state index in [1.807, 2.05) is 12.2 Å². The molecule has 0 saturated carbocycles. The third-order valence-corrected chi connectivity index (χ3v) is 8.00. The van der Waals surface area contributed by atoms with Crippen LogP contribution in [0.2, 0.25) is 0 Å². The molecule has 0 radical (unpaired) electrons. The first-order chi connectivity index (χ1) is 19.2. The van der Waals surface area contributed by atoms with Gasteiger partial charge in [-0.1, -0.05) is 12.2 Å². The van der Waals surface area contributed by atoms with E-state index in [1.54, 1.807) is 6.92 Å². The Morgan fingerprint density at radius 3 is 2.48 bits per heavy atom. The van der Waals surface area contributed by atoms with Gasteiger partial charge in [-0.15, -0.1) is 0 Å². The number of carbonyl (C=O) groups excluding carboxylic acids is 2. The smallest absolute Gasteiger partial charge is 0.324 e. The molecule has 2 aromatic heterocycles. The number of amides is 3. The minimum atomic E-state index is -3.70. The van der Waals surface area contributed by atoms with Crippen molar-refractivity contribution in [3.05, 3.63) is 49.1 Å². The molecule has 0 spiro atoms. The number of nitrogens with one attached hydrogen (secondary N) is 4. The molecule has 1 aliphatic heterocycles. The first-order valence-electron chi connectivity index (χ1n) is 12.5. The molecular formula is C24H28N8O7S. The zero-order valence-electron chi connectivity index (χ0n) is 21.3. The number of hydrogen-bond acceptors (Lipinski definition) is 10. The van der Waals surface area contributed by atoms with Crippen LogP contribution in [0.5, 0.6) is 0 Å². The van der Waals surface area contributed by atoms with E-state index in [9.17, 15) is 28.2 Å². The molecule has 1 fully saturated rings. The van der Waals surface area contributed by atoms with Crippen molar-refractivity contribution in [3.8, 4) is 0 Å². The van der Waals surface area contributed by atoms with E-state index >= 15 is 0 Å². The highest BCUT2D eigenvalue weighted by Crippen LogP contribution is 2.32. The number of imidazole rings is 1. The number of benzene rings is 1. The first-order valence-corrected chi connectivity index (χ1v) is 14.0. The van der Waals surface area contributed by atoms with Crippen LogP contribution in [-0.4, -0.2) is 81.0 Å². The zero-order valence-corrected chi connectivity index (χ0v) is 22.1. The fourth-order valence-electron chi connectivity index (χ4n) is 4.50. The van der Waals surface area contributed by atoms with Gasteiger partial charge in [-0.05, 0) is 44.0 Å². The van der Waals surface area contributed by atoms with Gasteiger partial charge in [0.05, 0.1) is 11.2 Å². The zero-order chi connectivity index (χ0) is 28.4. The second-order valence-corrected chi connectivity index (χ2v) is 10.9. The van der Waals surface area contributed by atoms with Crippen LogP contribution in [0.1, 0.15) is 26.0 Å². The number of aliphatic hydroxyl groups excluding tert-OH is 2. The quantitative estimate of drug-likeness (QED) is 0.202. The number of likely N-dealkylation sites (N-methyl/N-ethyl adjacent to an activating group) is 1. The normalized spacial score (nSPS) is 23.0. The topological polar surface area (TPSA) is 210 Å². The summed E-state index contributed by atoms with van der Waals surface area (Å²) in [5.74, 6) is -0.522.